The number of nitrogens with zero attached hydrogens (tertiary/aromatic N) is 2. The molecule has 0 unspecified atom stereocenters. The Hall–Kier alpha value is -4.68. The topological polar surface area (TPSA) is 72.6 Å². The van der Waals surface area contributed by atoms with Gasteiger partial charge in [-0.05, 0) is 54.1 Å². The first-order valence-corrected chi connectivity index (χ1v) is 13.7. The molecule has 3 aromatic heterocycles. The quantitative estimate of drug-likeness (QED) is 0.144. The number of imidazole rings is 1. The van der Waals surface area contributed by atoms with Crippen LogP contribution < -0.4 is 0 Å². The Labute approximate surface area is 231 Å². The molecule has 3 N–H and O–H groups in total. The third-order valence-electron chi connectivity index (χ3n) is 7.61. The largest absolute Gasteiger partial charge is 0.361 e. The van der Waals surface area contributed by atoms with E-state index in [9.17, 15) is 0 Å². The second kappa shape index (κ2) is 8.41. The average molecular weight is 568 g/mol. The first kappa shape index (κ1) is 22.3. The van der Waals surface area contributed by atoms with Crippen molar-refractivity contribution in [1.82, 2.24) is 19.9 Å². The molecule has 0 amide bonds. The van der Waals surface area contributed by atoms with Crippen molar-refractivity contribution in [2.24, 2.45) is 4.99 Å². The lowest BCUT2D eigenvalue weighted by Crippen LogP contribution is -1.83. The number of aliphatic imine (C=N–C) groups is 1. The SMILES string of the molecule is Cc1[nH]c2ccccc2c1-c1nc2c3ccccc3c3ccc(N=Cc4c[nH]c5ccc(Br)cc45)cc3c2[nH]1. The van der Waals surface area contributed by atoms with E-state index >= 15 is 0 Å². The molecule has 8 rings (SSSR count). The predicted octanol–water partition coefficient (Wildman–Crippen LogP) is 9.32. The van der Waals surface area contributed by atoms with Crippen LogP contribution in [0, 0.1) is 6.92 Å². The maximum atomic E-state index is 5.18. The Morgan fingerprint density at radius 1 is 0.744 bits per heavy atom. The van der Waals surface area contributed by atoms with Gasteiger partial charge < -0.3 is 15.0 Å². The highest BCUT2D eigenvalue weighted by molar-refractivity contribution is 9.10. The summed E-state index contributed by atoms with van der Waals surface area (Å²) < 4.78 is 1.05. The summed E-state index contributed by atoms with van der Waals surface area (Å²) in [6.07, 6.45) is 3.93. The van der Waals surface area contributed by atoms with Crippen molar-refractivity contribution in [1.29, 1.82) is 0 Å². The number of para-hydroxylation sites is 1. The highest BCUT2D eigenvalue weighted by atomic mass is 79.9. The Morgan fingerprint density at radius 2 is 1.54 bits per heavy atom. The fraction of sp³-hybridized carbons (Fsp3) is 0.0303. The molecule has 0 radical (unpaired) electrons. The number of halogens is 1. The highest BCUT2D eigenvalue weighted by Gasteiger charge is 2.18. The zero-order valence-electron chi connectivity index (χ0n) is 21.0. The van der Waals surface area contributed by atoms with E-state index in [-0.39, 0.29) is 0 Å². The maximum Gasteiger partial charge on any atom is 0.140 e. The normalized spacial score (nSPS) is 12.3. The molecule has 3 heterocycles. The van der Waals surface area contributed by atoms with E-state index < -0.39 is 0 Å². The number of hydrogen-bond acceptors (Lipinski definition) is 2. The van der Waals surface area contributed by atoms with E-state index in [4.69, 9.17) is 9.98 Å². The molecular formula is C33H22BrN5. The predicted molar refractivity (Wildman–Crippen MR) is 166 cm³/mol. The fourth-order valence-corrected chi connectivity index (χ4v) is 6.17. The molecule has 5 aromatic carbocycles. The van der Waals surface area contributed by atoms with Crippen LogP contribution in [0.15, 0.2) is 101 Å². The zero-order chi connectivity index (χ0) is 26.1. The molecule has 0 aliphatic heterocycles. The van der Waals surface area contributed by atoms with Crippen molar-refractivity contribution >= 4 is 82.2 Å². The molecule has 0 spiro atoms. The molecule has 8 aromatic rings. The molecule has 0 aliphatic carbocycles. The monoisotopic (exact) mass is 567 g/mol. The van der Waals surface area contributed by atoms with Gasteiger partial charge in [-0.1, -0.05) is 64.5 Å². The van der Waals surface area contributed by atoms with Crippen molar-refractivity contribution in [2.75, 3.05) is 0 Å². The van der Waals surface area contributed by atoms with Gasteiger partial charge in [0, 0.05) is 66.3 Å². The van der Waals surface area contributed by atoms with Gasteiger partial charge in [0.05, 0.1) is 16.7 Å². The molecule has 0 aliphatic rings. The van der Waals surface area contributed by atoms with Crippen LogP contribution in [0.5, 0.6) is 0 Å². The highest BCUT2D eigenvalue weighted by Crippen LogP contribution is 2.39. The van der Waals surface area contributed by atoms with Crippen molar-refractivity contribution in [3.05, 3.63) is 107 Å². The first-order valence-electron chi connectivity index (χ1n) is 12.9. The van der Waals surface area contributed by atoms with Crippen LogP contribution in [-0.2, 0) is 0 Å². The summed E-state index contributed by atoms with van der Waals surface area (Å²) in [6.45, 7) is 2.11. The lowest BCUT2D eigenvalue weighted by atomic mass is 9.99. The van der Waals surface area contributed by atoms with Crippen LogP contribution in [0.25, 0.3) is 65.8 Å². The number of benzene rings is 5. The van der Waals surface area contributed by atoms with Gasteiger partial charge in [-0.2, -0.15) is 0 Å². The second-order valence-electron chi connectivity index (χ2n) is 9.95. The van der Waals surface area contributed by atoms with Crippen molar-refractivity contribution in [2.45, 2.75) is 6.92 Å². The number of aromatic nitrogens is 4. The minimum Gasteiger partial charge on any atom is -0.361 e. The van der Waals surface area contributed by atoms with Gasteiger partial charge in [-0.15, -0.1) is 0 Å². The van der Waals surface area contributed by atoms with Crippen molar-refractivity contribution in [3.63, 3.8) is 0 Å². The second-order valence-corrected chi connectivity index (χ2v) is 10.9. The summed E-state index contributed by atoms with van der Waals surface area (Å²) in [7, 11) is 0. The minimum atomic E-state index is 0.871. The molecule has 0 fully saturated rings. The first-order chi connectivity index (χ1) is 19.1. The van der Waals surface area contributed by atoms with Gasteiger partial charge >= 0.3 is 0 Å². The Balaban J connectivity index is 1.34. The van der Waals surface area contributed by atoms with Crippen molar-refractivity contribution < 1.29 is 0 Å². The fourth-order valence-electron chi connectivity index (χ4n) is 5.81. The number of H-pyrrole nitrogens is 3. The number of aryl methyl sites for hydroxylation is 1. The molecule has 6 heteroatoms. The summed E-state index contributed by atoms with van der Waals surface area (Å²) in [5, 5.41) is 6.91. The number of rotatable bonds is 3. The van der Waals surface area contributed by atoms with Gasteiger partial charge in [0.25, 0.3) is 0 Å². The maximum absolute atomic E-state index is 5.18. The number of fused-ring (bicyclic) bond motifs is 8. The van der Waals surface area contributed by atoms with Crippen LogP contribution in [0.4, 0.5) is 5.69 Å². The minimum absolute atomic E-state index is 0.871. The molecule has 0 bridgehead atoms. The molecule has 0 saturated carbocycles. The van der Waals surface area contributed by atoms with Crippen LogP contribution in [0.2, 0.25) is 0 Å². The number of nitrogens with one attached hydrogen (secondary N) is 3. The zero-order valence-corrected chi connectivity index (χ0v) is 22.6. The molecule has 39 heavy (non-hydrogen) atoms. The third-order valence-corrected chi connectivity index (χ3v) is 8.10. The van der Waals surface area contributed by atoms with Gasteiger partial charge in [-0.25, -0.2) is 4.98 Å². The summed E-state index contributed by atoms with van der Waals surface area (Å²) in [5.41, 5.74) is 8.34. The summed E-state index contributed by atoms with van der Waals surface area (Å²) in [5.74, 6) is 0.871. The Kier molecular flexibility index (Phi) is 4.81. The van der Waals surface area contributed by atoms with E-state index in [1.54, 1.807) is 0 Å². The van der Waals surface area contributed by atoms with E-state index in [1.807, 2.05) is 18.5 Å². The lowest BCUT2D eigenvalue weighted by Gasteiger charge is -2.07. The van der Waals surface area contributed by atoms with Gasteiger partial charge in [0.2, 0.25) is 0 Å². The van der Waals surface area contributed by atoms with Crippen LogP contribution in [0.3, 0.4) is 0 Å². The number of hydrogen-bond donors (Lipinski definition) is 3. The average Bonchev–Trinajstić information content (AvgIpc) is 3.66. The molecule has 0 atom stereocenters. The molecule has 5 nitrogen and oxygen atoms in total. The summed E-state index contributed by atoms with van der Waals surface area (Å²) in [4.78, 5) is 20.6. The number of aromatic amines is 3. The Bertz CT molecular complexity index is 2260. The third kappa shape index (κ3) is 3.45. The molecule has 0 saturated heterocycles. The Morgan fingerprint density at radius 3 is 2.44 bits per heavy atom. The van der Waals surface area contributed by atoms with E-state index in [2.05, 4.69) is 117 Å². The van der Waals surface area contributed by atoms with E-state index in [0.717, 1.165) is 71.0 Å². The standard InChI is InChI=1S/C33H22BrN5/c1-18-30(25-8-4-5-9-29(25)37-18)33-38-31-24-7-3-2-6-22(24)23-12-11-21(15-27(23)32(31)39-33)35-16-19-17-36-28-13-10-20(34)14-26(19)28/h2-17,36-37H,1H3,(H,38,39). The summed E-state index contributed by atoms with van der Waals surface area (Å²) >= 11 is 3.58. The van der Waals surface area contributed by atoms with Crippen LogP contribution in [-0.4, -0.2) is 26.2 Å². The van der Waals surface area contributed by atoms with Gasteiger partial charge in [0.15, 0.2) is 0 Å². The van der Waals surface area contributed by atoms with Gasteiger partial charge in [-0.3, -0.25) is 4.99 Å². The van der Waals surface area contributed by atoms with Gasteiger partial charge in [0.1, 0.15) is 5.82 Å². The van der Waals surface area contributed by atoms with Crippen molar-refractivity contribution in [3.8, 4) is 11.4 Å². The summed E-state index contributed by atoms with van der Waals surface area (Å²) in [6, 6.07) is 29.5. The molecular weight excluding hydrogens is 546 g/mol. The van der Waals surface area contributed by atoms with Crippen LogP contribution in [0.1, 0.15) is 11.3 Å². The van der Waals surface area contributed by atoms with E-state index in [0.29, 0.717) is 0 Å². The lowest BCUT2D eigenvalue weighted by molar-refractivity contribution is 1.26. The van der Waals surface area contributed by atoms with E-state index in [1.165, 1.54) is 16.2 Å². The van der Waals surface area contributed by atoms with Crippen LogP contribution >= 0.6 is 15.9 Å². The molecule has 186 valence electrons. The smallest absolute Gasteiger partial charge is 0.140 e.